The normalized spacial score (nSPS) is 26.1. The van der Waals surface area contributed by atoms with Crippen molar-refractivity contribution in [3.63, 3.8) is 0 Å². The maximum atomic E-state index is 12.3. The molecule has 0 radical (unpaired) electrons. The molecular formula is C15H24N4OS. The highest BCUT2D eigenvalue weighted by atomic mass is 32.1. The Hall–Kier alpha value is -1.30. The Kier molecular flexibility index (Phi) is 4.33. The summed E-state index contributed by atoms with van der Waals surface area (Å²) in [6.45, 7) is 2.32. The number of hydrogen-bond acceptors (Lipinski definition) is 5. The summed E-state index contributed by atoms with van der Waals surface area (Å²) in [4.78, 5) is 12.3. The predicted molar refractivity (Wildman–Crippen MR) is 86.7 cm³/mol. The summed E-state index contributed by atoms with van der Waals surface area (Å²) in [7, 11) is 0. The standard InChI is InChI=1S/C15H24N4OS/c1-9-3-2-4-10(6-5-9)18-15-12(13(16)19-21-15)14(20)17-11-7-8-11/h9-11,18H,2-8H2,1H3,(H2,16,19)(H,17,20). The van der Waals surface area contributed by atoms with E-state index in [9.17, 15) is 4.79 Å². The topological polar surface area (TPSA) is 80.0 Å². The maximum absolute atomic E-state index is 12.3. The zero-order chi connectivity index (χ0) is 14.8. The van der Waals surface area contributed by atoms with Gasteiger partial charge in [0.25, 0.3) is 5.91 Å². The Labute approximate surface area is 129 Å². The van der Waals surface area contributed by atoms with Gasteiger partial charge < -0.3 is 16.4 Å². The number of nitrogens with zero attached hydrogens (tertiary/aromatic N) is 1. The molecule has 0 aliphatic heterocycles. The lowest BCUT2D eigenvalue weighted by atomic mass is 10.0. The first kappa shape index (κ1) is 14.6. The monoisotopic (exact) mass is 308 g/mol. The van der Waals surface area contributed by atoms with E-state index in [1.165, 1.54) is 30.8 Å². The fourth-order valence-corrected chi connectivity index (χ4v) is 3.71. The first-order valence-electron chi connectivity index (χ1n) is 7.96. The van der Waals surface area contributed by atoms with Crippen LogP contribution in [-0.2, 0) is 0 Å². The van der Waals surface area contributed by atoms with Gasteiger partial charge in [-0.2, -0.15) is 4.37 Å². The Morgan fingerprint density at radius 3 is 2.71 bits per heavy atom. The van der Waals surface area contributed by atoms with Crippen molar-refractivity contribution in [2.24, 2.45) is 5.92 Å². The Balaban J connectivity index is 1.68. The average Bonchev–Trinajstić information content (AvgIpc) is 3.20. The van der Waals surface area contributed by atoms with Crippen LogP contribution in [0.3, 0.4) is 0 Å². The molecule has 1 heterocycles. The lowest BCUT2D eigenvalue weighted by Gasteiger charge is -2.17. The van der Waals surface area contributed by atoms with Crippen LogP contribution in [-0.4, -0.2) is 22.4 Å². The van der Waals surface area contributed by atoms with Crippen molar-refractivity contribution in [3.05, 3.63) is 5.56 Å². The molecule has 0 bridgehead atoms. The van der Waals surface area contributed by atoms with Crippen LogP contribution in [0.4, 0.5) is 10.8 Å². The molecule has 0 saturated heterocycles. The van der Waals surface area contributed by atoms with Crippen LogP contribution in [0, 0.1) is 5.92 Å². The van der Waals surface area contributed by atoms with Crippen molar-refractivity contribution in [2.45, 2.75) is 64.0 Å². The van der Waals surface area contributed by atoms with Gasteiger partial charge in [-0.3, -0.25) is 4.79 Å². The van der Waals surface area contributed by atoms with Crippen LogP contribution in [0.2, 0.25) is 0 Å². The average molecular weight is 308 g/mol. The smallest absolute Gasteiger partial charge is 0.258 e. The molecule has 0 spiro atoms. The number of anilines is 2. The van der Waals surface area contributed by atoms with E-state index in [-0.39, 0.29) is 5.91 Å². The number of carbonyl (C=O) groups is 1. The number of amides is 1. The Morgan fingerprint density at radius 2 is 1.95 bits per heavy atom. The van der Waals surface area contributed by atoms with Crippen molar-refractivity contribution in [2.75, 3.05) is 11.1 Å². The van der Waals surface area contributed by atoms with Gasteiger partial charge in [-0.15, -0.1) is 0 Å². The van der Waals surface area contributed by atoms with Crippen molar-refractivity contribution >= 4 is 28.3 Å². The highest BCUT2D eigenvalue weighted by Crippen LogP contribution is 2.31. The number of aromatic nitrogens is 1. The molecule has 2 aliphatic rings. The summed E-state index contributed by atoms with van der Waals surface area (Å²) in [5, 5.41) is 7.36. The van der Waals surface area contributed by atoms with Gasteiger partial charge in [-0.05, 0) is 49.6 Å². The highest BCUT2D eigenvalue weighted by molar-refractivity contribution is 7.11. The molecule has 1 amide bonds. The van der Waals surface area contributed by atoms with E-state index in [4.69, 9.17) is 5.73 Å². The first-order chi connectivity index (χ1) is 10.1. The number of nitrogens with two attached hydrogens (primary N) is 1. The molecule has 1 aromatic rings. The van der Waals surface area contributed by atoms with Gasteiger partial charge >= 0.3 is 0 Å². The summed E-state index contributed by atoms with van der Waals surface area (Å²) in [5.41, 5.74) is 6.44. The van der Waals surface area contributed by atoms with Crippen LogP contribution in [0.1, 0.15) is 62.2 Å². The molecule has 2 saturated carbocycles. The van der Waals surface area contributed by atoms with E-state index in [1.807, 2.05) is 0 Å². The zero-order valence-corrected chi connectivity index (χ0v) is 13.3. The number of rotatable bonds is 4. The van der Waals surface area contributed by atoms with E-state index in [0.717, 1.165) is 36.6 Å². The molecule has 5 nitrogen and oxygen atoms in total. The lowest BCUT2D eigenvalue weighted by Crippen LogP contribution is -2.27. The molecule has 2 fully saturated rings. The van der Waals surface area contributed by atoms with Gasteiger partial charge in [-0.1, -0.05) is 19.8 Å². The number of hydrogen-bond donors (Lipinski definition) is 3. The van der Waals surface area contributed by atoms with Gasteiger partial charge in [0, 0.05) is 12.1 Å². The van der Waals surface area contributed by atoms with E-state index in [2.05, 4.69) is 21.9 Å². The van der Waals surface area contributed by atoms with Crippen LogP contribution in [0.25, 0.3) is 0 Å². The van der Waals surface area contributed by atoms with Gasteiger partial charge in [0.1, 0.15) is 10.6 Å². The second-order valence-electron chi connectivity index (χ2n) is 6.47. The second-order valence-corrected chi connectivity index (χ2v) is 7.25. The van der Waals surface area contributed by atoms with Gasteiger partial charge in [0.2, 0.25) is 0 Å². The summed E-state index contributed by atoms with van der Waals surface area (Å²) in [6, 6.07) is 0.769. The zero-order valence-electron chi connectivity index (χ0n) is 12.5. The minimum absolute atomic E-state index is 0.0757. The molecule has 21 heavy (non-hydrogen) atoms. The van der Waals surface area contributed by atoms with Crippen molar-refractivity contribution in [1.82, 2.24) is 9.69 Å². The summed E-state index contributed by atoms with van der Waals surface area (Å²) in [5.74, 6) is 1.08. The summed E-state index contributed by atoms with van der Waals surface area (Å²) >= 11 is 1.31. The molecule has 6 heteroatoms. The Morgan fingerprint density at radius 1 is 1.19 bits per heavy atom. The number of nitrogens with one attached hydrogen (secondary N) is 2. The molecule has 3 rings (SSSR count). The third-order valence-electron chi connectivity index (χ3n) is 4.45. The van der Waals surface area contributed by atoms with Crippen molar-refractivity contribution in [1.29, 1.82) is 0 Å². The van der Waals surface area contributed by atoms with E-state index in [1.54, 1.807) is 0 Å². The fraction of sp³-hybridized carbons (Fsp3) is 0.733. The van der Waals surface area contributed by atoms with Crippen LogP contribution >= 0.6 is 11.5 Å². The minimum Gasteiger partial charge on any atom is -0.382 e. The van der Waals surface area contributed by atoms with Crippen LogP contribution in [0.5, 0.6) is 0 Å². The SMILES string of the molecule is CC1CCCC(Nc2snc(N)c2C(=O)NC2CC2)CC1. The maximum Gasteiger partial charge on any atom is 0.258 e. The van der Waals surface area contributed by atoms with Gasteiger partial charge in [0.15, 0.2) is 5.82 Å². The predicted octanol–water partition coefficient (Wildman–Crippen LogP) is 3.00. The largest absolute Gasteiger partial charge is 0.382 e. The molecular weight excluding hydrogens is 284 g/mol. The van der Waals surface area contributed by atoms with Crippen LogP contribution < -0.4 is 16.4 Å². The van der Waals surface area contributed by atoms with E-state index >= 15 is 0 Å². The number of carbonyl (C=O) groups excluding carboxylic acids is 1. The molecule has 2 unspecified atom stereocenters. The quantitative estimate of drug-likeness (QED) is 0.747. The fourth-order valence-electron chi connectivity index (χ4n) is 2.92. The first-order valence-corrected chi connectivity index (χ1v) is 8.73. The minimum atomic E-state index is -0.0757. The van der Waals surface area contributed by atoms with Gasteiger partial charge in [0.05, 0.1) is 0 Å². The van der Waals surface area contributed by atoms with Gasteiger partial charge in [-0.25, -0.2) is 0 Å². The molecule has 2 atom stereocenters. The van der Waals surface area contributed by atoms with Crippen LogP contribution in [0.15, 0.2) is 0 Å². The lowest BCUT2D eigenvalue weighted by molar-refractivity contribution is 0.0953. The molecule has 1 aromatic heterocycles. The summed E-state index contributed by atoms with van der Waals surface area (Å²) < 4.78 is 4.17. The summed E-state index contributed by atoms with van der Waals surface area (Å²) in [6.07, 6.45) is 8.26. The van der Waals surface area contributed by atoms with E-state index < -0.39 is 0 Å². The second kappa shape index (κ2) is 6.22. The van der Waals surface area contributed by atoms with E-state index in [0.29, 0.717) is 23.5 Å². The molecule has 2 aliphatic carbocycles. The van der Waals surface area contributed by atoms with Crippen molar-refractivity contribution < 1.29 is 4.79 Å². The molecule has 4 N–H and O–H groups in total. The molecule has 0 aromatic carbocycles. The molecule has 116 valence electrons. The van der Waals surface area contributed by atoms with Crippen molar-refractivity contribution in [3.8, 4) is 0 Å². The Bertz CT molecular complexity index is 512. The highest BCUT2D eigenvalue weighted by Gasteiger charge is 2.28. The third-order valence-corrected chi connectivity index (χ3v) is 5.24. The third kappa shape index (κ3) is 3.67. The number of nitrogen functional groups attached to an aromatic ring is 1.